The van der Waals surface area contributed by atoms with Crippen molar-refractivity contribution in [3.63, 3.8) is 0 Å². The number of anilines is 1. The van der Waals surface area contributed by atoms with Crippen LogP contribution in [-0.4, -0.2) is 16.5 Å². The van der Waals surface area contributed by atoms with E-state index in [4.69, 9.17) is 0 Å². The summed E-state index contributed by atoms with van der Waals surface area (Å²) in [7, 11) is 0. The van der Waals surface area contributed by atoms with Gasteiger partial charge in [0.15, 0.2) is 0 Å². The van der Waals surface area contributed by atoms with Gasteiger partial charge in [0.1, 0.15) is 17.0 Å². The second-order valence-corrected chi connectivity index (χ2v) is 6.28. The van der Waals surface area contributed by atoms with E-state index < -0.39 is 0 Å². The quantitative estimate of drug-likeness (QED) is 0.766. The van der Waals surface area contributed by atoms with Gasteiger partial charge in [0, 0.05) is 11.4 Å². The summed E-state index contributed by atoms with van der Waals surface area (Å²) >= 11 is 1.75. The van der Waals surface area contributed by atoms with Crippen molar-refractivity contribution in [1.29, 1.82) is 0 Å². The van der Waals surface area contributed by atoms with Gasteiger partial charge in [-0.25, -0.2) is 9.97 Å². The average molecular weight is 297 g/mol. The number of fused-ring (bicyclic) bond motifs is 1. The summed E-state index contributed by atoms with van der Waals surface area (Å²) in [6.07, 6.45) is 3.69. The van der Waals surface area contributed by atoms with Gasteiger partial charge in [-0.1, -0.05) is 36.8 Å². The summed E-state index contributed by atoms with van der Waals surface area (Å²) in [5.41, 5.74) is 2.65. The third kappa shape index (κ3) is 3.22. The Morgan fingerprint density at radius 2 is 1.95 bits per heavy atom. The molecule has 21 heavy (non-hydrogen) atoms. The highest BCUT2D eigenvalue weighted by atomic mass is 32.1. The lowest BCUT2D eigenvalue weighted by molar-refractivity contribution is 1.01. The SMILES string of the molecule is CCc1cc2c(NCCc3ccc(C)cc3)ncnc2s1. The summed E-state index contributed by atoms with van der Waals surface area (Å²) in [4.78, 5) is 11.2. The monoisotopic (exact) mass is 297 g/mol. The van der Waals surface area contributed by atoms with Crippen LogP contribution in [0.3, 0.4) is 0 Å². The van der Waals surface area contributed by atoms with Gasteiger partial charge in [-0.3, -0.25) is 0 Å². The first-order chi connectivity index (χ1) is 10.3. The van der Waals surface area contributed by atoms with Gasteiger partial charge in [-0.2, -0.15) is 0 Å². The summed E-state index contributed by atoms with van der Waals surface area (Å²) < 4.78 is 0. The molecule has 0 amide bonds. The Hall–Kier alpha value is -1.94. The van der Waals surface area contributed by atoms with Crippen molar-refractivity contribution < 1.29 is 0 Å². The lowest BCUT2D eigenvalue weighted by Crippen LogP contribution is -2.06. The fraction of sp³-hybridized carbons (Fsp3) is 0.294. The molecule has 0 radical (unpaired) electrons. The average Bonchev–Trinajstić information content (AvgIpc) is 2.93. The molecular formula is C17H19N3S. The van der Waals surface area contributed by atoms with Crippen LogP contribution in [0.5, 0.6) is 0 Å². The van der Waals surface area contributed by atoms with Crippen LogP contribution in [0.15, 0.2) is 36.7 Å². The number of nitrogens with one attached hydrogen (secondary N) is 1. The normalized spacial score (nSPS) is 11.0. The number of aromatic nitrogens is 2. The maximum atomic E-state index is 4.38. The van der Waals surface area contributed by atoms with Crippen molar-refractivity contribution in [3.8, 4) is 0 Å². The minimum atomic E-state index is 0.881. The van der Waals surface area contributed by atoms with E-state index in [0.717, 1.165) is 35.4 Å². The number of hydrogen-bond acceptors (Lipinski definition) is 4. The fourth-order valence-electron chi connectivity index (χ4n) is 2.30. The van der Waals surface area contributed by atoms with E-state index in [1.54, 1.807) is 17.7 Å². The highest BCUT2D eigenvalue weighted by molar-refractivity contribution is 7.18. The second-order valence-electron chi connectivity index (χ2n) is 5.17. The topological polar surface area (TPSA) is 37.8 Å². The molecule has 0 aliphatic rings. The summed E-state index contributed by atoms with van der Waals surface area (Å²) in [5.74, 6) is 0.947. The Morgan fingerprint density at radius 3 is 2.71 bits per heavy atom. The molecule has 0 saturated carbocycles. The highest BCUT2D eigenvalue weighted by Gasteiger charge is 2.07. The summed E-state index contributed by atoms with van der Waals surface area (Å²) in [5, 5.41) is 4.59. The molecule has 0 unspecified atom stereocenters. The summed E-state index contributed by atoms with van der Waals surface area (Å²) in [6.45, 7) is 5.16. The number of rotatable bonds is 5. The van der Waals surface area contributed by atoms with Crippen molar-refractivity contribution in [3.05, 3.63) is 52.7 Å². The van der Waals surface area contributed by atoms with Gasteiger partial charge in [-0.05, 0) is 31.4 Å². The van der Waals surface area contributed by atoms with E-state index in [1.807, 2.05) is 0 Å². The Labute approximate surface area is 129 Å². The van der Waals surface area contributed by atoms with Crippen LogP contribution in [0.25, 0.3) is 10.2 Å². The maximum absolute atomic E-state index is 4.38. The number of hydrogen-bond donors (Lipinski definition) is 1. The van der Waals surface area contributed by atoms with E-state index in [-0.39, 0.29) is 0 Å². The molecule has 0 atom stereocenters. The molecule has 0 fully saturated rings. The molecule has 0 bridgehead atoms. The van der Waals surface area contributed by atoms with Gasteiger partial charge in [0.25, 0.3) is 0 Å². The van der Waals surface area contributed by atoms with Crippen molar-refractivity contribution in [2.75, 3.05) is 11.9 Å². The second kappa shape index (κ2) is 6.22. The zero-order chi connectivity index (χ0) is 14.7. The van der Waals surface area contributed by atoms with Crippen LogP contribution in [0.4, 0.5) is 5.82 Å². The molecule has 0 aliphatic heterocycles. The summed E-state index contributed by atoms with van der Waals surface area (Å²) in [6, 6.07) is 10.9. The van der Waals surface area contributed by atoms with Crippen LogP contribution >= 0.6 is 11.3 Å². The predicted octanol–water partition coefficient (Wildman–Crippen LogP) is 4.22. The molecule has 1 aromatic carbocycles. The van der Waals surface area contributed by atoms with E-state index in [0.29, 0.717) is 0 Å². The molecule has 0 saturated heterocycles. The minimum Gasteiger partial charge on any atom is -0.369 e. The highest BCUT2D eigenvalue weighted by Crippen LogP contribution is 2.28. The molecule has 3 nitrogen and oxygen atoms in total. The maximum Gasteiger partial charge on any atom is 0.138 e. The predicted molar refractivity (Wildman–Crippen MR) is 90.2 cm³/mol. The van der Waals surface area contributed by atoms with Gasteiger partial charge < -0.3 is 5.32 Å². The number of aryl methyl sites for hydroxylation is 2. The molecule has 2 heterocycles. The Bertz CT molecular complexity index is 731. The van der Waals surface area contributed by atoms with E-state index in [2.05, 4.69) is 59.5 Å². The Morgan fingerprint density at radius 1 is 1.14 bits per heavy atom. The first-order valence-corrected chi connectivity index (χ1v) is 8.10. The van der Waals surface area contributed by atoms with Crippen LogP contribution < -0.4 is 5.32 Å². The largest absolute Gasteiger partial charge is 0.369 e. The zero-order valence-corrected chi connectivity index (χ0v) is 13.2. The lowest BCUT2D eigenvalue weighted by Gasteiger charge is -2.06. The fourth-order valence-corrected chi connectivity index (χ4v) is 3.24. The molecule has 108 valence electrons. The first-order valence-electron chi connectivity index (χ1n) is 7.29. The van der Waals surface area contributed by atoms with Crippen molar-refractivity contribution in [2.45, 2.75) is 26.7 Å². The molecule has 0 spiro atoms. The number of thiophene rings is 1. The zero-order valence-electron chi connectivity index (χ0n) is 12.4. The Kier molecular flexibility index (Phi) is 4.15. The molecule has 0 aliphatic carbocycles. The molecule has 2 aromatic heterocycles. The molecular weight excluding hydrogens is 278 g/mol. The van der Waals surface area contributed by atoms with E-state index in [9.17, 15) is 0 Å². The van der Waals surface area contributed by atoms with Crippen LogP contribution in [-0.2, 0) is 12.8 Å². The van der Waals surface area contributed by atoms with E-state index >= 15 is 0 Å². The molecule has 3 rings (SSSR count). The van der Waals surface area contributed by atoms with Crippen LogP contribution in [0, 0.1) is 6.92 Å². The smallest absolute Gasteiger partial charge is 0.138 e. The third-order valence-electron chi connectivity index (χ3n) is 3.56. The number of nitrogens with zero attached hydrogens (tertiary/aromatic N) is 2. The lowest BCUT2D eigenvalue weighted by atomic mass is 10.1. The Balaban J connectivity index is 1.70. The van der Waals surface area contributed by atoms with Gasteiger partial charge >= 0.3 is 0 Å². The molecule has 1 N–H and O–H groups in total. The first kappa shape index (κ1) is 14.0. The van der Waals surface area contributed by atoms with Crippen molar-refractivity contribution in [1.82, 2.24) is 9.97 Å². The van der Waals surface area contributed by atoms with Gasteiger partial charge in [0.05, 0.1) is 5.39 Å². The van der Waals surface area contributed by atoms with Gasteiger partial charge in [0.2, 0.25) is 0 Å². The third-order valence-corrected chi connectivity index (χ3v) is 4.74. The standard InChI is InChI=1S/C17H19N3S/c1-3-14-10-15-16(19-11-20-17(15)21-14)18-9-8-13-6-4-12(2)5-7-13/h4-7,10-11H,3,8-9H2,1-2H3,(H,18,19,20). The van der Waals surface area contributed by atoms with Gasteiger partial charge in [-0.15, -0.1) is 11.3 Å². The van der Waals surface area contributed by atoms with Crippen molar-refractivity contribution >= 4 is 27.4 Å². The van der Waals surface area contributed by atoms with Crippen LogP contribution in [0.2, 0.25) is 0 Å². The van der Waals surface area contributed by atoms with E-state index in [1.165, 1.54) is 16.0 Å². The van der Waals surface area contributed by atoms with Crippen LogP contribution in [0.1, 0.15) is 22.9 Å². The number of benzene rings is 1. The molecule has 4 heteroatoms. The minimum absolute atomic E-state index is 0.881. The van der Waals surface area contributed by atoms with Crippen molar-refractivity contribution in [2.24, 2.45) is 0 Å². The molecule has 3 aromatic rings.